The Labute approximate surface area is 98.7 Å². The third-order valence-electron chi connectivity index (χ3n) is 2.61. The Morgan fingerprint density at radius 1 is 1.53 bits per heavy atom. The van der Waals surface area contributed by atoms with E-state index in [0.29, 0.717) is 35.5 Å². The fourth-order valence-corrected chi connectivity index (χ4v) is 1.74. The molecule has 90 valence electrons. The molecule has 0 saturated heterocycles. The van der Waals surface area contributed by atoms with Crippen LogP contribution in [0, 0.1) is 0 Å². The molecule has 5 heteroatoms. The van der Waals surface area contributed by atoms with Crippen LogP contribution in [-0.2, 0) is 4.79 Å². The standard InChI is InChI=1S/C12H13NO4/c1-3-9-12(15)13-8-4-7(6-14)5-10(16-2)11(8)17-9/h4-6,9H,3H2,1-2H3,(H,13,15). The topological polar surface area (TPSA) is 64.6 Å². The van der Waals surface area contributed by atoms with Crippen LogP contribution in [-0.4, -0.2) is 25.4 Å². The molecule has 17 heavy (non-hydrogen) atoms. The molecule has 0 radical (unpaired) electrons. The van der Waals surface area contributed by atoms with Gasteiger partial charge in [0.05, 0.1) is 12.8 Å². The van der Waals surface area contributed by atoms with E-state index in [1.165, 1.54) is 7.11 Å². The van der Waals surface area contributed by atoms with Crippen LogP contribution in [0.25, 0.3) is 0 Å². The molecule has 0 aliphatic carbocycles. The molecule has 1 aliphatic rings. The molecule has 1 aliphatic heterocycles. The van der Waals surface area contributed by atoms with Gasteiger partial charge in [-0.15, -0.1) is 0 Å². The van der Waals surface area contributed by atoms with Gasteiger partial charge in [-0.3, -0.25) is 9.59 Å². The van der Waals surface area contributed by atoms with Crippen molar-refractivity contribution in [3.8, 4) is 11.5 Å². The van der Waals surface area contributed by atoms with Crippen LogP contribution in [0.3, 0.4) is 0 Å². The summed E-state index contributed by atoms with van der Waals surface area (Å²) in [7, 11) is 1.49. The Kier molecular flexibility index (Phi) is 2.99. The SMILES string of the molecule is CCC1Oc2c(cc(C=O)cc2OC)NC1=O. The Hall–Kier alpha value is -2.04. The second-order valence-corrected chi connectivity index (χ2v) is 3.72. The number of ether oxygens (including phenoxy) is 2. The number of benzene rings is 1. The Bertz CT molecular complexity index is 470. The summed E-state index contributed by atoms with van der Waals surface area (Å²) in [5.41, 5.74) is 0.903. The van der Waals surface area contributed by atoms with E-state index in [1.54, 1.807) is 12.1 Å². The van der Waals surface area contributed by atoms with E-state index in [9.17, 15) is 9.59 Å². The summed E-state index contributed by atoms with van der Waals surface area (Å²) in [4.78, 5) is 22.4. The van der Waals surface area contributed by atoms with Crippen molar-refractivity contribution < 1.29 is 19.1 Å². The quantitative estimate of drug-likeness (QED) is 0.808. The molecule has 1 atom stereocenters. The van der Waals surface area contributed by atoms with Crippen LogP contribution < -0.4 is 14.8 Å². The second kappa shape index (κ2) is 4.45. The van der Waals surface area contributed by atoms with E-state index in [2.05, 4.69) is 5.32 Å². The van der Waals surface area contributed by atoms with E-state index in [0.717, 1.165) is 0 Å². The van der Waals surface area contributed by atoms with Crippen molar-refractivity contribution in [2.24, 2.45) is 0 Å². The third-order valence-corrected chi connectivity index (χ3v) is 2.61. The molecular formula is C12H13NO4. The van der Waals surface area contributed by atoms with Gasteiger partial charge in [-0.25, -0.2) is 0 Å². The summed E-state index contributed by atoms with van der Waals surface area (Å²) >= 11 is 0. The molecule has 0 bridgehead atoms. The van der Waals surface area contributed by atoms with Gasteiger partial charge in [-0.1, -0.05) is 6.92 Å². The summed E-state index contributed by atoms with van der Waals surface area (Å²) in [6.07, 6.45) is 0.753. The van der Waals surface area contributed by atoms with Crippen molar-refractivity contribution in [1.29, 1.82) is 0 Å². The smallest absolute Gasteiger partial charge is 0.265 e. The molecule has 0 spiro atoms. The highest BCUT2D eigenvalue weighted by Crippen LogP contribution is 2.39. The molecule has 1 unspecified atom stereocenters. The first kappa shape index (κ1) is 11.4. The fourth-order valence-electron chi connectivity index (χ4n) is 1.74. The van der Waals surface area contributed by atoms with Crippen LogP contribution >= 0.6 is 0 Å². The summed E-state index contributed by atoms with van der Waals surface area (Å²) in [6, 6.07) is 3.14. The number of aldehydes is 1. The highest BCUT2D eigenvalue weighted by molar-refractivity contribution is 5.99. The summed E-state index contributed by atoms with van der Waals surface area (Å²) in [5.74, 6) is 0.720. The van der Waals surface area contributed by atoms with Crippen LogP contribution in [0.2, 0.25) is 0 Å². The number of amides is 1. The van der Waals surface area contributed by atoms with Crippen LogP contribution in [0.4, 0.5) is 5.69 Å². The van der Waals surface area contributed by atoms with Gasteiger partial charge in [0.2, 0.25) is 0 Å². The zero-order valence-electron chi connectivity index (χ0n) is 9.65. The zero-order chi connectivity index (χ0) is 12.4. The first-order valence-corrected chi connectivity index (χ1v) is 5.34. The van der Waals surface area contributed by atoms with E-state index in [4.69, 9.17) is 9.47 Å². The largest absolute Gasteiger partial charge is 0.493 e. The van der Waals surface area contributed by atoms with E-state index >= 15 is 0 Å². The van der Waals surface area contributed by atoms with Crippen molar-refractivity contribution in [1.82, 2.24) is 0 Å². The van der Waals surface area contributed by atoms with Crippen molar-refractivity contribution in [3.63, 3.8) is 0 Å². The molecule has 1 N–H and O–H groups in total. The predicted octanol–water partition coefficient (Wildman–Crippen LogP) is 1.62. The Morgan fingerprint density at radius 3 is 2.88 bits per heavy atom. The van der Waals surface area contributed by atoms with Gasteiger partial charge >= 0.3 is 0 Å². The van der Waals surface area contributed by atoms with Gasteiger partial charge in [-0.2, -0.15) is 0 Å². The molecule has 0 saturated carbocycles. The van der Waals surface area contributed by atoms with Gasteiger partial charge in [0.25, 0.3) is 5.91 Å². The Morgan fingerprint density at radius 2 is 2.29 bits per heavy atom. The maximum Gasteiger partial charge on any atom is 0.265 e. The summed E-state index contributed by atoms with van der Waals surface area (Å²) < 4.78 is 10.7. The lowest BCUT2D eigenvalue weighted by Crippen LogP contribution is -2.36. The molecule has 5 nitrogen and oxygen atoms in total. The van der Waals surface area contributed by atoms with Crippen molar-refractivity contribution in [3.05, 3.63) is 17.7 Å². The molecule has 2 rings (SSSR count). The molecule has 1 amide bonds. The first-order chi connectivity index (χ1) is 8.19. The van der Waals surface area contributed by atoms with E-state index in [1.807, 2.05) is 6.92 Å². The van der Waals surface area contributed by atoms with Gasteiger partial charge in [0.1, 0.15) is 6.29 Å². The normalized spacial score (nSPS) is 17.8. The Balaban J connectivity index is 2.49. The van der Waals surface area contributed by atoms with Gasteiger partial charge in [-0.05, 0) is 18.6 Å². The molecule has 0 aromatic heterocycles. The minimum Gasteiger partial charge on any atom is -0.493 e. The summed E-state index contributed by atoms with van der Waals surface area (Å²) in [5, 5.41) is 2.71. The number of hydrogen-bond acceptors (Lipinski definition) is 4. The maximum atomic E-state index is 11.6. The van der Waals surface area contributed by atoms with Crippen LogP contribution in [0.1, 0.15) is 23.7 Å². The minimum atomic E-state index is -0.515. The van der Waals surface area contributed by atoms with Crippen molar-refractivity contribution >= 4 is 17.9 Å². The van der Waals surface area contributed by atoms with Gasteiger partial charge in [0.15, 0.2) is 17.6 Å². The predicted molar refractivity (Wildman–Crippen MR) is 61.7 cm³/mol. The molecular weight excluding hydrogens is 222 g/mol. The lowest BCUT2D eigenvalue weighted by atomic mass is 10.1. The number of nitrogens with one attached hydrogen (secondary N) is 1. The van der Waals surface area contributed by atoms with Gasteiger partial charge in [0, 0.05) is 5.56 Å². The number of hydrogen-bond donors (Lipinski definition) is 1. The molecule has 1 heterocycles. The molecule has 1 aromatic carbocycles. The summed E-state index contributed by atoms with van der Waals surface area (Å²) in [6.45, 7) is 1.86. The zero-order valence-corrected chi connectivity index (χ0v) is 9.65. The fraction of sp³-hybridized carbons (Fsp3) is 0.333. The number of anilines is 1. The van der Waals surface area contributed by atoms with E-state index in [-0.39, 0.29) is 5.91 Å². The lowest BCUT2D eigenvalue weighted by molar-refractivity contribution is -0.123. The highest BCUT2D eigenvalue weighted by atomic mass is 16.5. The lowest BCUT2D eigenvalue weighted by Gasteiger charge is -2.26. The number of fused-ring (bicyclic) bond motifs is 1. The first-order valence-electron chi connectivity index (χ1n) is 5.34. The third kappa shape index (κ3) is 1.95. The second-order valence-electron chi connectivity index (χ2n) is 3.72. The maximum absolute atomic E-state index is 11.6. The van der Waals surface area contributed by atoms with Crippen LogP contribution in [0.15, 0.2) is 12.1 Å². The van der Waals surface area contributed by atoms with Gasteiger partial charge < -0.3 is 14.8 Å². The molecule has 0 fully saturated rings. The minimum absolute atomic E-state index is 0.204. The van der Waals surface area contributed by atoms with E-state index < -0.39 is 6.10 Å². The number of carbonyl (C=O) groups is 2. The number of carbonyl (C=O) groups excluding carboxylic acids is 2. The highest BCUT2D eigenvalue weighted by Gasteiger charge is 2.28. The average molecular weight is 235 g/mol. The monoisotopic (exact) mass is 235 g/mol. The van der Waals surface area contributed by atoms with Crippen molar-refractivity contribution in [2.75, 3.05) is 12.4 Å². The number of rotatable bonds is 3. The van der Waals surface area contributed by atoms with Crippen LogP contribution in [0.5, 0.6) is 11.5 Å². The number of methoxy groups -OCH3 is 1. The van der Waals surface area contributed by atoms with Crippen molar-refractivity contribution in [2.45, 2.75) is 19.4 Å². The molecule has 1 aromatic rings. The average Bonchev–Trinajstić information content (AvgIpc) is 2.36.